The van der Waals surface area contributed by atoms with Crippen LogP contribution in [0.15, 0.2) is 54.2 Å². The molecule has 6 heteroatoms. The van der Waals surface area contributed by atoms with Crippen LogP contribution >= 0.6 is 11.3 Å². The van der Waals surface area contributed by atoms with Gasteiger partial charge in [-0.25, -0.2) is 4.98 Å². The number of pyridine rings is 1. The predicted molar refractivity (Wildman–Crippen MR) is 103 cm³/mol. The van der Waals surface area contributed by atoms with Crippen molar-refractivity contribution in [3.8, 4) is 16.3 Å². The second kappa shape index (κ2) is 9.10. The Hall–Kier alpha value is -2.73. The van der Waals surface area contributed by atoms with Gasteiger partial charge >= 0.3 is 0 Å². The Bertz CT molecular complexity index is 849. The molecule has 2 aromatic heterocycles. The number of rotatable bonds is 8. The molecule has 0 spiro atoms. The van der Waals surface area contributed by atoms with Gasteiger partial charge in [-0.2, -0.15) is 0 Å². The van der Waals surface area contributed by atoms with Crippen LogP contribution < -0.4 is 10.1 Å². The maximum absolute atomic E-state index is 12.1. The molecule has 1 amide bonds. The zero-order chi connectivity index (χ0) is 18.2. The average Bonchev–Trinajstić information content (AvgIpc) is 3.16. The van der Waals surface area contributed by atoms with Crippen molar-refractivity contribution >= 4 is 17.2 Å². The van der Waals surface area contributed by atoms with Crippen molar-refractivity contribution in [2.45, 2.75) is 19.3 Å². The van der Waals surface area contributed by atoms with Gasteiger partial charge in [0.25, 0.3) is 0 Å². The zero-order valence-electron chi connectivity index (χ0n) is 14.6. The standard InChI is InChI=1S/C20H21N3O2S/c1-25-18-5-3-2-4-15(18)10-13-22-19(24)7-6-17-14-26-20(23-17)16-8-11-21-12-9-16/h2-5,8-9,11-12,14H,6-7,10,13H2,1H3,(H,22,24). The Balaban J connectivity index is 1.44. The highest BCUT2D eigenvalue weighted by Gasteiger charge is 2.08. The number of thiazole rings is 1. The highest BCUT2D eigenvalue weighted by Crippen LogP contribution is 2.23. The summed E-state index contributed by atoms with van der Waals surface area (Å²) < 4.78 is 5.32. The van der Waals surface area contributed by atoms with Crippen molar-refractivity contribution in [3.05, 3.63) is 65.4 Å². The molecule has 0 bridgehead atoms. The van der Waals surface area contributed by atoms with E-state index in [9.17, 15) is 4.79 Å². The number of aromatic nitrogens is 2. The van der Waals surface area contributed by atoms with Crippen molar-refractivity contribution in [3.63, 3.8) is 0 Å². The number of hydrogen-bond acceptors (Lipinski definition) is 5. The normalized spacial score (nSPS) is 10.5. The minimum atomic E-state index is 0.0401. The lowest BCUT2D eigenvalue weighted by atomic mass is 10.1. The molecular weight excluding hydrogens is 346 g/mol. The molecule has 0 atom stereocenters. The lowest BCUT2D eigenvalue weighted by molar-refractivity contribution is -0.121. The summed E-state index contributed by atoms with van der Waals surface area (Å²) in [6.07, 6.45) is 5.34. The van der Waals surface area contributed by atoms with Crippen molar-refractivity contribution < 1.29 is 9.53 Å². The fourth-order valence-corrected chi connectivity index (χ4v) is 3.49. The number of aryl methyl sites for hydroxylation is 1. The molecular formula is C20H21N3O2S. The number of nitrogens with one attached hydrogen (secondary N) is 1. The summed E-state index contributed by atoms with van der Waals surface area (Å²) in [4.78, 5) is 20.7. The van der Waals surface area contributed by atoms with Crippen LogP contribution in [0.2, 0.25) is 0 Å². The van der Waals surface area contributed by atoms with Crippen LogP contribution in [0.1, 0.15) is 17.7 Å². The van der Waals surface area contributed by atoms with Crippen LogP contribution in [-0.4, -0.2) is 29.5 Å². The lowest BCUT2D eigenvalue weighted by Crippen LogP contribution is -2.26. The molecule has 0 aliphatic rings. The highest BCUT2D eigenvalue weighted by molar-refractivity contribution is 7.13. The Morgan fingerprint density at radius 2 is 1.96 bits per heavy atom. The number of ether oxygens (including phenoxy) is 1. The van der Waals surface area contributed by atoms with E-state index in [1.165, 1.54) is 0 Å². The molecule has 1 aromatic carbocycles. The van der Waals surface area contributed by atoms with Gasteiger partial charge in [0.15, 0.2) is 0 Å². The summed E-state index contributed by atoms with van der Waals surface area (Å²) in [7, 11) is 1.66. The van der Waals surface area contributed by atoms with E-state index < -0.39 is 0 Å². The molecule has 0 saturated carbocycles. The van der Waals surface area contributed by atoms with E-state index in [4.69, 9.17) is 4.74 Å². The van der Waals surface area contributed by atoms with Gasteiger partial charge in [0.1, 0.15) is 10.8 Å². The number of hydrogen-bond donors (Lipinski definition) is 1. The molecule has 0 saturated heterocycles. The average molecular weight is 367 g/mol. The highest BCUT2D eigenvalue weighted by atomic mass is 32.1. The summed E-state index contributed by atoms with van der Waals surface area (Å²) in [6.45, 7) is 0.596. The number of methoxy groups -OCH3 is 1. The minimum absolute atomic E-state index is 0.0401. The quantitative estimate of drug-likeness (QED) is 0.662. The molecule has 3 rings (SSSR count). The molecule has 134 valence electrons. The minimum Gasteiger partial charge on any atom is -0.496 e. The predicted octanol–water partition coefficient (Wildman–Crippen LogP) is 3.51. The van der Waals surface area contributed by atoms with Gasteiger partial charge < -0.3 is 10.1 Å². The summed E-state index contributed by atoms with van der Waals surface area (Å²) in [6, 6.07) is 11.7. The largest absolute Gasteiger partial charge is 0.496 e. The van der Waals surface area contributed by atoms with Gasteiger partial charge in [0, 0.05) is 36.3 Å². The molecule has 0 aliphatic heterocycles. The maximum atomic E-state index is 12.1. The van der Waals surface area contributed by atoms with Crippen LogP contribution in [0.3, 0.4) is 0 Å². The van der Waals surface area contributed by atoms with Gasteiger partial charge in [-0.05, 0) is 36.6 Å². The van der Waals surface area contributed by atoms with Crippen molar-refractivity contribution in [2.75, 3.05) is 13.7 Å². The Labute approximate surface area is 157 Å². The molecule has 1 N–H and O–H groups in total. The number of amides is 1. The van der Waals surface area contributed by atoms with Crippen molar-refractivity contribution in [2.24, 2.45) is 0 Å². The number of carbonyl (C=O) groups is 1. The zero-order valence-corrected chi connectivity index (χ0v) is 15.5. The van der Waals surface area contributed by atoms with E-state index in [-0.39, 0.29) is 5.91 Å². The van der Waals surface area contributed by atoms with Crippen LogP contribution in [0.4, 0.5) is 0 Å². The Kier molecular flexibility index (Phi) is 6.33. The van der Waals surface area contributed by atoms with Crippen molar-refractivity contribution in [1.82, 2.24) is 15.3 Å². The second-order valence-corrected chi connectivity index (χ2v) is 6.65. The first-order valence-corrected chi connectivity index (χ1v) is 9.37. The van der Waals surface area contributed by atoms with Gasteiger partial charge in [-0.15, -0.1) is 11.3 Å². The number of para-hydroxylation sites is 1. The molecule has 0 aliphatic carbocycles. The molecule has 0 radical (unpaired) electrons. The molecule has 26 heavy (non-hydrogen) atoms. The Morgan fingerprint density at radius 3 is 2.77 bits per heavy atom. The van der Waals surface area contributed by atoms with E-state index >= 15 is 0 Å². The third kappa shape index (κ3) is 4.89. The SMILES string of the molecule is COc1ccccc1CCNC(=O)CCc1csc(-c2ccncc2)n1. The summed E-state index contributed by atoms with van der Waals surface area (Å²) in [5.41, 5.74) is 3.09. The number of nitrogens with zero attached hydrogens (tertiary/aromatic N) is 2. The lowest BCUT2D eigenvalue weighted by Gasteiger charge is -2.09. The third-order valence-electron chi connectivity index (χ3n) is 4.00. The summed E-state index contributed by atoms with van der Waals surface area (Å²) in [5, 5.41) is 5.93. The smallest absolute Gasteiger partial charge is 0.220 e. The van der Waals surface area contributed by atoms with Crippen LogP contribution in [0, 0.1) is 0 Å². The second-order valence-electron chi connectivity index (χ2n) is 5.79. The first kappa shape index (κ1) is 18.1. The van der Waals surface area contributed by atoms with Crippen LogP contribution in [-0.2, 0) is 17.6 Å². The van der Waals surface area contributed by atoms with Gasteiger partial charge in [0.2, 0.25) is 5.91 Å². The van der Waals surface area contributed by atoms with E-state index in [1.807, 2.05) is 41.8 Å². The first-order valence-electron chi connectivity index (χ1n) is 8.49. The van der Waals surface area contributed by atoms with Gasteiger partial charge in [-0.1, -0.05) is 18.2 Å². The van der Waals surface area contributed by atoms with Gasteiger partial charge in [0.05, 0.1) is 12.8 Å². The molecule has 0 unspecified atom stereocenters. The molecule has 0 fully saturated rings. The molecule has 3 aromatic rings. The van der Waals surface area contributed by atoms with E-state index in [0.717, 1.165) is 34.0 Å². The third-order valence-corrected chi connectivity index (χ3v) is 4.94. The van der Waals surface area contributed by atoms with E-state index in [1.54, 1.807) is 30.8 Å². The van der Waals surface area contributed by atoms with Crippen LogP contribution in [0.5, 0.6) is 5.75 Å². The first-order chi connectivity index (χ1) is 12.8. The topological polar surface area (TPSA) is 64.1 Å². The monoisotopic (exact) mass is 367 g/mol. The van der Waals surface area contributed by atoms with E-state index in [0.29, 0.717) is 19.4 Å². The summed E-state index contributed by atoms with van der Waals surface area (Å²) in [5.74, 6) is 0.895. The van der Waals surface area contributed by atoms with Crippen LogP contribution in [0.25, 0.3) is 10.6 Å². The fourth-order valence-electron chi connectivity index (χ4n) is 2.62. The fraction of sp³-hybridized carbons (Fsp3) is 0.250. The summed E-state index contributed by atoms with van der Waals surface area (Å²) >= 11 is 1.59. The molecule has 2 heterocycles. The van der Waals surface area contributed by atoms with Crippen molar-refractivity contribution in [1.29, 1.82) is 0 Å². The number of benzene rings is 1. The maximum Gasteiger partial charge on any atom is 0.220 e. The Morgan fingerprint density at radius 1 is 1.15 bits per heavy atom. The molecule has 5 nitrogen and oxygen atoms in total. The van der Waals surface area contributed by atoms with Gasteiger partial charge in [-0.3, -0.25) is 9.78 Å². The number of carbonyl (C=O) groups excluding carboxylic acids is 1. The van der Waals surface area contributed by atoms with E-state index in [2.05, 4.69) is 15.3 Å².